The van der Waals surface area contributed by atoms with Crippen LogP contribution < -0.4 is 10.1 Å². The third-order valence-electron chi connectivity index (χ3n) is 3.70. The molecule has 1 heterocycles. The molecule has 0 saturated carbocycles. The summed E-state index contributed by atoms with van der Waals surface area (Å²) in [7, 11) is 0. The fourth-order valence-corrected chi connectivity index (χ4v) is 3.27. The van der Waals surface area contributed by atoms with Crippen LogP contribution in [0.1, 0.15) is 17.5 Å². The molecule has 0 aliphatic carbocycles. The minimum atomic E-state index is -1.05. The molecule has 1 unspecified atom stereocenters. The van der Waals surface area contributed by atoms with Gasteiger partial charge in [-0.1, -0.05) is 42.1 Å². The molecule has 144 valence electrons. The normalized spacial score (nSPS) is 17.8. The van der Waals surface area contributed by atoms with Crippen molar-refractivity contribution < 1.29 is 23.8 Å². The van der Waals surface area contributed by atoms with Gasteiger partial charge in [0.1, 0.15) is 23.4 Å². The molecule has 1 saturated heterocycles. The average Bonchev–Trinajstić information content (AvgIpc) is 3.00. The van der Waals surface area contributed by atoms with Gasteiger partial charge in [0.25, 0.3) is 0 Å². The Morgan fingerprint density at radius 3 is 2.89 bits per heavy atom. The molecule has 9 heteroatoms. The molecule has 28 heavy (non-hydrogen) atoms. The number of carboxylic acid groups (broad SMARTS) is 1. The van der Waals surface area contributed by atoms with E-state index >= 15 is 0 Å². The highest BCUT2D eigenvalue weighted by Crippen LogP contribution is 2.22. The maximum absolute atomic E-state index is 13.6. The second-order valence-electron chi connectivity index (χ2n) is 5.80. The van der Waals surface area contributed by atoms with Crippen molar-refractivity contribution in [3.05, 3.63) is 65.5 Å². The number of aliphatic carboxylic acids is 1. The van der Waals surface area contributed by atoms with E-state index in [9.17, 15) is 14.0 Å². The van der Waals surface area contributed by atoms with Gasteiger partial charge in [-0.15, -0.1) is 5.10 Å². The zero-order chi connectivity index (χ0) is 19.9. The summed E-state index contributed by atoms with van der Waals surface area (Å²) in [6, 6.07) is 13.4. The van der Waals surface area contributed by atoms with Crippen molar-refractivity contribution in [2.24, 2.45) is 10.2 Å². The molecule has 0 spiro atoms. The summed E-state index contributed by atoms with van der Waals surface area (Å²) in [4.78, 5) is 22.3. The Kier molecular flexibility index (Phi) is 6.38. The Hall–Kier alpha value is -3.20. The van der Waals surface area contributed by atoms with E-state index in [4.69, 9.17) is 9.84 Å². The van der Waals surface area contributed by atoms with E-state index in [2.05, 4.69) is 15.5 Å². The van der Waals surface area contributed by atoms with E-state index in [1.807, 2.05) is 0 Å². The molecule has 0 aromatic heterocycles. The van der Waals surface area contributed by atoms with Crippen LogP contribution in [-0.4, -0.2) is 33.6 Å². The van der Waals surface area contributed by atoms with Crippen molar-refractivity contribution in [3.8, 4) is 5.75 Å². The molecule has 0 radical (unpaired) electrons. The van der Waals surface area contributed by atoms with Crippen LogP contribution >= 0.6 is 11.8 Å². The van der Waals surface area contributed by atoms with Gasteiger partial charge in [-0.2, -0.15) is 5.10 Å². The molecule has 2 aromatic rings. The molecular weight excluding hydrogens is 385 g/mol. The molecule has 7 nitrogen and oxygen atoms in total. The van der Waals surface area contributed by atoms with Crippen molar-refractivity contribution in [2.75, 3.05) is 0 Å². The zero-order valence-electron chi connectivity index (χ0n) is 14.5. The highest BCUT2D eigenvalue weighted by molar-refractivity contribution is 8.15. The summed E-state index contributed by atoms with van der Waals surface area (Å²) in [5.74, 6) is -1.23. The van der Waals surface area contributed by atoms with E-state index in [-0.39, 0.29) is 24.0 Å². The third-order valence-corrected chi connectivity index (χ3v) is 4.77. The number of amides is 1. The predicted molar refractivity (Wildman–Crippen MR) is 104 cm³/mol. The van der Waals surface area contributed by atoms with Gasteiger partial charge in [0.2, 0.25) is 5.91 Å². The van der Waals surface area contributed by atoms with Gasteiger partial charge in [0.05, 0.1) is 12.6 Å². The highest BCUT2D eigenvalue weighted by atomic mass is 32.2. The van der Waals surface area contributed by atoms with Crippen LogP contribution in [0.5, 0.6) is 5.75 Å². The molecule has 2 aromatic carbocycles. The molecule has 1 atom stereocenters. The predicted octanol–water partition coefficient (Wildman–Crippen LogP) is 2.80. The second-order valence-corrected chi connectivity index (χ2v) is 6.99. The highest BCUT2D eigenvalue weighted by Gasteiger charge is 2.32. The molecule has 0 bridgehead atoms. The summed E-state index contributed by atoms with van der Waals surface area (Å²) >= 11 is 1.03. The van der Waals surface area contributed by atoms with Gasteiger partial charge in [-0.3, -0.25) is 9.59 Å². The number of ether oxygens (including phenoxy) is 1. The third kappa shape index (κ3) is 5.40. The number of carbonyl (C=O) groups is 2. The lowest BCUT2D eigenvalue weighted by molar-refractivity contribution is -0.138. The van der Waals surface area contributed by atoms with Crippen molar-refractivity contribution in [2.45, 2.75) is 18.3 Å². The van der Waals surface area contributed by atoms with Crippen molar-refractivity contribution in [1.29, 1.82) is 0 Å². The number of carbonyl (C=O) groups excluding carboxylic acids is 1. The maximum atomic E-state index is 13.6. The zero-order valence-corrected chi connectivity index (χ0v) is 15.4. The minimum Gasteiger partial charge on any atom is -0.489 e. The fourth-order valence-electron chi connectivity index (χ4n) is 2.35. The van der Waals surface area contributed by atoms with Crippen LogP contribution in [0.3, 0.4) is 0 Å². The van der Waals surface area contributed by atoms with Gasteiger partial charge < -0.3 is 15.2 Å². The topological polar surface area (TPSA) is 100 Å². The number of nitrogens with zero attached hydrogens (tertiary/aromatic N) is 2. The average molecular weight is 401 g/mol. The minimum absolute atomic E-state index is 0.100. The van der Waals surface area contributed by atoms with Crippen molar-refractivity contribution in [3.63, 3.8) is 0 Å². The van der Waals surface area contributed by atoms with E-state index in [1.165, 1.54) is 12.3 Å². The largest absolute Gasteiger partial charge is 0.489 e. The number of carboxylic acids is 1. The molecular formula is C19H16FN3O4S. The summed E-state index contributed by atoms with van der Waals surface area (Å²) in [5, 5.41) is 18.6. The van der Waals surface area contributed by atoms with Crippen molar-refractivity contribution >= 4 is 35.0 Å². The molecule has 3 rings (SSSR count). The number of thioether (sulfide) groups is 1. The number of benzene rings is 2. The summed E-state index contributed by atoms with van der Waals surface area (Å²) in [6.07, 6.45) is 1.20. The first-order chi connectivity index (χ1) is 13.5. The lowest BCUT2D eigenvalue weighted by Crippen LogP contribution is -2.26. The lowest BCUT2D eigenvalue weighted by atomic mass is 10.2. The summed E-state index contributed by atoms with van der Waals surface area (Å²) in [5.41, 5.74) is 1.16. The SMILES string of the molecule is O=C(O)CC1SC(=NN=Cc2cccc(OCc3ccccc3F)c2)NC1=O. The lowest BCUT2D eigenvalue weighted by Gasteiger charge is -2.07. The Bertz CT molecular complexity index is 948. The molecule has 2 N–H and O–H groups in total. The number of hydrogen-bond acceptors (Lipinski definition) is 6. The summed E-state index contributed by atoms with van der Waals surface area (Å²) in [6.45, 7) is 0.100. The molecule has 1 aliphatic heterocycles. The Balaban J connectivity index is 1.59. The van der Waals surface area contributed by atoms with Crippen molar-refractivity contribution in [1.82, 2.24) is 5.32 Å². The van der Waals surface area contributed by atoms with Gasteiger partial charge in [-0.05, 0) is 23.8 Å². The number of hydrogen-bond donors (Lipinski definition) is 2. The maximum Gasteiger partial charge on any atom is 0.305 e. The van der Waals surface area contributed by atoms with Crippen LogP contribution in [0.2, 0.25) is 0 Å². The van der Waals surface area contributed by atoms with Crippen LogP contribution in [0, 0.1) is 5.82 Å². The fraction of sp³-hybridized carbons (Fsp3) is 0.158. The number of rotatable bonds is 7. The first-order valence-corrected chi connectivity index (χ1v) is 9.16. The van der Waals surface area contributed by atoms with Gasteiger partial charge in [0.15, 0.2) is 5.17 Å². The quantitative estimate of drug-likeness (QED) is 0.549. The number of amidine groups is 1. The van der Waals surface area contributed by atoms with Gasteiger partial charge in [0, 0.05) is 5.56 Å². The van der Waals surface area contributed by atoms with E-state index in [1.54, 1.807) is 42.5 Å². The Morgan fingerprint density at radius 1 is 1.29 bits per heavy atom. The van der Waals surface area contributed by atoms with E-state index in [0.29, 0.717) is 16.9 Å². The second kappa shape index (κ2) is 9.14. The summed E-state index contributed by atoms with van der Waals surface area (Å²) < 4.78 is 19.2. The van der Waals surface area contributed by atoms with Crippen LogP contribution in [0.15, 0.2) is 58.7 Å². The first kappa shape index (κ1) is 19.6. The van der Waals surface area contributed by atoms with Crippen LogP contribution in [0.4, 0.5) is 4.39 Å². The molecule has 1 amide bonds. The molecule has 1 aliphatic rings. The number of nitrogens with one attached hydrogen (secondary N) is 1. The van der Waals surface area contributed by atoms with E-state index in [0.717, 1.165) is 11.8 Å². The first-order valence-electron chi connectivity index (χ1n) is 8.28. The van der Waals surface area contributed by atoms with Crippen LogP contribution in [-0.2, 0) is 16.2 Å². The Morgan fingerprint density at radius 2 is 2.11 bits per heavy atom. The van der Waals surface area contributed by atoms with E-state index < -0.39 is 17.1 Å². The molecule has 1 fully saturated rings. The van der Waals surface area contributed by atoms with Crippen LogP contribution in [0.25, 0.3) is 0 Å². The number of halogens is 1. The Labute approximate surface area is 164 Å². The standard InChI is InChI=1S/C19H16FN3O4S/c20-15-7-2-1-5-13(15)11-27-14-6-3-4-12(8-14)10-21-23-19-22-18(26)16(28-19)9-17(24)25/h1-8,10,16H,9,11H2,(H,24,25)(H,22,23,26). The van der Waals surface area contributed by atoms with Gasteiger partial charge in [-0.25, -0.2) is 4.39 Å². The monoisotopic (exact) mass is 401 g/mol. The smallest absolute Gasteiger partial charge is 0.305 e. The van der Waals surface area contributed by atoms with Gasteiger partial charge >= 0.3 is 5.97 Å².